The SMILES string of the molecule is CCCCCCCCC(CC)OC(=O)CCCCCCCN(CCCCCCCC(=O)OC(CCCCCCCC)CCCCCCCC)CCCSNCC. The molecule has 0 bridgehead atoms. The lowest BCUT2D eigenvalue weighted by Gasteiger charge is -2.22. The Morgan fingerprint density at radius 2 is 0.804 bits per heavy atom. The Kier molecular flexibility index (Phi) is 44.7. The first-order chi connectivity index (χ1) is 27.5. The molecule has 0 aliphatic rings. The first kappa shape index (κ1) is 55.2. The highest BCUT2D eigenvalue weighted by Gasteiger charge is 2.15. The molecule has 0 spiro atoms. The molecular weight excluding hydrogens is 713 g/mol. The number of unbranched alkanes of at least 4 members (excludes halogenated alkanes) is 23. The number of esters is 2. The minimum absolute atomic E-state index is 0.00983. The van der Waals surface area contributed by atoms with Gasteiger partial charge in [0, 0.05) is 25.1 Å². The molecule has 0 aliphatic carbocycles. The molecule has 0 amide bonds. The third-order valence-electron chi connectivity index (χ3n) is 11.4. The molecule has 56 heavy (non-hydrogen) atoms. The molecule has 1 unspecified atom stereocenters. The summed E-state index contributed by atoms with van der Waals surface area (Å²) in [5.41, 5.74) is 0. The van der Waals surface area contributed by atoms with E-state index >= 15 is 0 Å². The zero-order valence-electron chi connectivity index (χ0n) is 38.4. The average molecular weight is 811 g/mol. The molecule has 0 aromatic heterocycles. The van der Waals surface area contributed by atoms with Crippen LogP contribution in [0.5, 0.6) is 0 Å². The highest BCUT2D eigenvalue weighted by Crippen LogP contribution is 2.19. The average Bonchev–Trinajstić information content (AvgIpc) is 3.19. The van der Waals surface area contributed by atoms with Crippen molar-refractivity contribution in [1.82, 2.24) is 9.62 Å². The summed E-state index contributed by atoms with van der Waals surface area (Å²) in [4.78, 5) is 28.0. The number of hydrogen-bond donors (Lipinski definition) is 1. The molecule has 1 atom stereocenters. The number of nitrogens with zero attached hydrogens (tertiary/aromatic N) is 1. The van der Waals surface area contributed by atoms with Gasteiger partial charge in [0.15, 0.2) is 0 Å². The van der Waals surface area contributed by atoms with Gasteiger partial charge in [0.25, 0.3) is 0 Å². The lowest BCUT2D eigenvalue weighted by Crippen LogP contribution is -2.28. The molecule has 0 aliphatic heterocycles. The van der Waals surface area contributed by atoms with Gasteiger partial charge in [-0.25, -0.2) is 0 Å². The minimum Gasteiger partial charge on any atom is -0.462 e. The molecule has 6 nitrogen and oxygen atoms in total. The van der Waals surface area contributed by atoms with Gasteiger partial charge in [0.2, 0.25) is 0 Å². The van der Waals surface area contributed by atoms with Crippen LogP contribution in [0.3, 0.4) is 0 Å². The zero-order chi connectivity index (χ0) is 41.0. The van der Waals surface area contributed by atoms with Crippen molar-refractivity contribution >= 4 is 23.9 Å². The summed E-state index contributed by atoms with van der Waals surface area (Å²) in [6.07, 6.45) is 41.4. The third kappa shape index (κ3) is 40.0. The van der Waals surface area contributed by atoms with E-state index in [2.05, 4.69) is 44.2 Å². The predicted octanol–water partition coefficient (Wildman–Crippen LogP) is 15.1. The van der Waals surface area contributed by atoms with E-state index in [-0.39, 0.29) is 24.1 Å². The van der Waals surface area contributed by atoms with Crippen molar-refractivity contribution in [3.05, 3.63) is 0 Å². The van der Waals surface area contributed by atoms with Crippen LogP contribution in [-0.2, 0) is 19.1 Å². The maximum Gasteiger partial charge on any atom is 0.306 e. The molecule has 7 heteroatoms. The molecule has 0 rings (SSSR count). The van der Waals surface area contributed by atoms with E-state index < -0.39 is 0 Å². The molecule has 334 valence electrons. The lowest BCUT2D eigenvalue weighted by molar-refractivity contribution is -0.150. The Morgan fingerprint density at radius 3 is 1.23 bits per heavy atom. The van der Waals surface area contributed by atoms with Crippen LogP contribution in [0.2, 0.25) is 0 Å². The van der Waals surface area contributed by atoms with Crippen LogP contribution in [0, 0.1) is 0 Å². The fraction of sp³-hybridized carbons (Fsp3) is 0.959. The largest absolute Gasteiger partial charge is 0.462 e. The standard InChI is InChI=1S/C49H98N2O4S/c1-6-11-14-17-22-29-37-46(9-4)54-48(52)40-32-25-20-27-34-42-51(44-36-45-56-50-10-5)43-35-28-21-26-33-41-49(53)55-47(38-30-23-18-15-12-7-2)39-31-24-19-16-13-8-3/h46-47,50H,6-45H2,1-5H3. The summed E-state index contributed by atoms with van der Waals surface area (Å²) in [6, 6.07) is 0. The van der Waals surface area contributed by atoms with E-state index in [0.29, 0.717) is 12.8 Å². The normalized spacial score (nSPS) is 12.2. The van der Waals surface area contributed by atoms with Gasteiger partial charge < -0.3 is 14.4 Å². The van der Waals surface area contributed by atoms with E-state index in [0.717, 1.165) is 63.7 Å². The molecule has 1 N–H and O–H groups in total. The molecule has 0 aromatic carbocycles. The molecule has 0 radical (unpaired) electrons. The fourth-order valence-electron chi connectivity index (χ4n) is 7.70. The Morgan fingerprint density at radius 1 is 0.446 bits per heavy atom. The number of carbonyl (C=O) groups is 2. The monoisotopic (exact) mass is 811 g/mol. The lowest BCUT2D eigenvalue weighted by atomic mass is 10.0. The maximum absolute atomic E-state index is 12.8. The third-order valence-corrected chi connectivity index (χ3v) is 12.4. The van der Waals surface area contributed by atoms with E-state index in [1.807, 2.05) is 11.9 Å². The fourth-order valence-corrected chi connectivity index (χ4v) is 8.32. The summed E-state index contributed by atoms with van der Waals surface area (Å²) < 4.78 is 15.3. The minimum atomic E-state index is 0.00983. The smallest absolute Gasteiger partial charge is 0.306 e. The molecule has 0 saturated carbocycles. The van der Waals surface area contributed by atoms with Gasteiger partial charge in [0.05, 0.1) is 0 Å². The van der Waals surface area contributed by atoms with Crippen molar-refractivity contribution in [2.45, 2.75) is 272 Å². The van der Waals surface area contributed by atoms with E-state index in [1.54, 1.807) is 0 Å². The van der Waals surface area contributed by atoms with Gasteiger partial charge in [-0.3, -0.25) is 14.3 Å². The predicted molar refractivity (Wildman–Crippen MR) is 247 cm³/mol. The first-order valence-electron chi connectivity index (χ1n) is 25.0. The number of nitrogens with one attached hydrogen (secondary N) is 1. The maximum atomic E-state index is 12.8. The Hall–Kier alpha value is -0.790. The van der Waals surface area contributed by atoms with Gasteiger partial charge in [-0.2, -0.15) is 0 Å². The molecule has 0 fully saturated rings. The number of hydrogen-bond acceptors (Lipinski definition) is 7. The first-order valence-corrected chi connectivity index (χ1v) is 25.9. The van der Waals surface area contributed by atoms with Crippen molar-refractivity contribution in [3.63, 3.8) is 0 Å². The second-order valence-corrected chi connectivity index (χ2v) is 17.9. The van der Waals surface area contributed by atoms with Crippen molar-refractivity contribution in [3.8, 4) is 0 Å². The van der Waals surface area contributed by atoms with Crippen LogP contribution in [-0.4, -0.2) is 61.0 Å². The van der Waals surface area contributed by atoms with Gasteiger partial charge in [-0.05, 0) is 96.7 Å². The van der Waals surface area contributed by atoms with Gasteiger partial charge >= 0.3 is 11.9 Å². The number of rotatable bonds is 46. The van der Waals surface area contributed by atoms with Crippen molar-refractivity contribution in [2.75, 3.05) is 31.9 Å². The quantitative estimate of drug-likeness (QED) is 0.0373. The highest BCUT2D eigenvalue weighted by molar-refractivity contribution is 7.97. The molecule has 0 aromatic rings. The summed E-state index contributed by atoms with van der Waals surface area (Å²) in [6.45, 7) is 15.6. The number of ether oxygens (including phenoxy) is 2. The Labute approximate surface area is 354 Å². The number of carbonyl (C=O) groups excluding carboxylic acids is 2. The topological polar surface area (TPSA) is 67.9 Å². The highest BCUT2D eigenvalue weighted by atomic mass is 32.2. The second kappa shape index (κ2) is 45.3. The van der Waals surface area contributed by atoms with Crippen LogP contribution in [0.1, 0.15) is 259 Å². The van der Waals surface area contributed by atoms with Crippen LogP contribution >= 0.6 is 11.9 Å². The van der Waals surface area contributed by atoms with Crippen LogP contribution in [0.25, 0.3) is 0 Å². The van der Waals surface area contributed by atoms with E-state index in [9.17, 15) is 9.59 Å². The van der Waals surface area contributed by atoms with Crippen LogP contribution < -0.4 is 4.72 Å². The summed E-state index contributed by atoms with van der Waals surface area (Å²) in [7, 11) is 0. The molecule has 0 saturated heterocycles. The van der Waals surface area contributed by atoms with Gasteiger partial charge in [-0.1, -0.05) is 181 Å². The van der Waals surface area contributed by atoms with Crippen molar-refractivity contribution in [2.24, 2.45) is 0 Å². The van der Waals surface area contributed by atoms with Crippen LogP contribution in [0.4, 0.5) is 0 Å². The summed E-state index contributed by atoms with van der Waals surface area (Å²) in [5.74, 6) is 1.21. The van der Waals surface area contributed by atoms with Crippen molar-refractivity contribution < 1.29 is 19.1 Å². The van der Waals surface area contributed by atoms with Crippen LogP contribution in [0.15, 0.2) is 0 Å². The van der Waals surface area contributed by atoms with Gasteiger partial charge in [0.1, 0.15) is 12.2 Å². The zero-order valence-corrected chi connectivity index (χ0v) is 39.2. The summed E-state index contributed by atoms with van der Waals surface area (Å²) >= 11 is 1.85. The second-order valence-electron chi connectivity index (χ2n) is 16.9. The molecule has 0 heterocycles. The van der Waals surface area contributed by atoms with Gasteiger partial charge in [-0.15, -0.1) is 0 Å². The van der Waals surface area contributed by atoms with E-state index in [4.69, 9.17) is 9.47 Å². The van der Waals surface area contributed by atoms with E-state index in [1.165, 1.54) is 180 Å². The van der Waals surface area contributed by atoms with Crippen molar-refractivity contribution in [1.29, 1.82) is 0 Å². The Balaban J connectivity index is 4.32. The summed E-state index contributed by atoms with van der Waals surface area (Å²) in [5, 5.41) is 0. The molecular formula is C49H98N2O4S. The Bertz CT molecular complexity index is 799.